The smallest absolute Gasteiger partial charge is 0.257 e. The minimum absolute atomic E-state index is 0.0788. The van der Waals surface area contributed by atoms with Crippen molar-refractivity contribution in [3.63, 3.8) is 0 Å². The number of hydrogen-bond acceptors (Lipinski definition) is 6. The van der Waals surface area contributed by atoms with Crippen molar-refractivity contribution in [1.29, 1.82) is 0 Å². The number of amidine groups is 1. The Hall–Kier alpha value is -3.20. The lowest BCUT2D eigenvalue weighted by atomic mass is 10.1. The van der Waals surface area contributed by atoms with Crippen LogP contribution in [-0.2, 0) is 14.8 Å². The molecule has 27 heavy (non-hydrogen) atoms. The first-order chi connectivity index (χ1) is 13.0. The molecule has 1 aromatic carbocycles. The monoisotopic (exact) mass is 384 g/mol. The van der Waals surface area contributed by atoms with Crippen LogP contribution in [0.25, 0.3) is 10.9 Å². The van der Waals surface area contributed by atoms with E-state index in [1.165, 1.54) is 6.08 Å². The maximum absolute atomic E-state index is 12.7. The van der Waals surface area contributed by atoms with Gasteiger partial charge in [0, 0.05) is 24.3 Å². The van der Waals surface area contributed by atoms with Crippen molar-refractivity contribution in [1.82, 2.24) is 9.88 Å². The highest BCUT2D eigenvalue weighted by Crippen LogP contribution is 2.30. The lowest BCUT2D eigenvalue weighted by molar-refractivity contribution is -0.112. The van der Waals surface area contributed by atoms with Gasteiger partial charge in [-0.15, -0.1) is 4.40 Å². The van der Waals surface area contributed by atoms with Gasteiger partial charge in [0.15, 0.2) is 0 Å². The van der Waals surface area contributed by atoms with Crippen LogP contribution in [0, 0.1) is 0 Å². The minimum Gasteiger partial charge on any atom is -0.494 e. The van der Waals surface area contributed by atoms with Gasteiger partial charge in [0.05, 0.1) is 24.1 Å². The summed E-state index contributed by atoms with van der Waals surface area (Å²) in [7, 11) is -1.86. The number of ether oxygens (including phenoxy) is 1. The second-order valence-electron chi connectivity index (χ2n) is 6.02. The molecule has 2 aliphatic rings. The zero-order valence-corrected chi connectivity index (χ0v) is 15.2. The molecule has 0 saturated heterocycles. The molecule has 0 radical (unpaired) electrons. The van der Waals surface area contributed by atoms with Crippen molar-refractivity contribution in [2.75, 3.05) is 24.7 Å². The highest BCUT2D eigenvalue weighted by molar-refractivity contribution is 7.90. The highest BCUT2D eigenvalue weighted by Gasteiger charge is 2.25. The zero-order chi connectivity index (χ0) is 19.0. The summed E-state index contributed by atoms with van der Waals surface area (Å²) in [6.07, 6.45) is 6.34. The summed E-state index contributed by atoms with van der Waals surface area (Å²) in [5, 5.41) is 3.64. The van der Waals surface area contributed by atoms with E-state index in [0.29, 0.717) is 28.4 Å². The van der Waals surface area contributed by atoms with Crippen LogP contribution in [-0.4, -0.2) is 49.5 Å². The SMILES string of the molecule is COc1ccc(NC(=O)C2=CN3CCS(=O)(=O)N=C3C=C2)c2cccnc12. The van der Waals surface area contributed by atoms with Gasteiger partial charge in [-0.25, -0.2) is 8.42 Å². The van der Waals surface area contributed by atoms with Crippen LogP contribution in [0.2, 0.25) is 0 Å². The molecule has 0 aliphatic carbocycles. The first kappa shape index (κ1) is 17.2. The van der Waals surface area contributed by atoms with Gasteiger partial charge in [0.25, 0.3) is 15.9 Å². The number of hydrogen-bond donors (Lipinski definition) is 1. The number of aromatic nitrogens is 1. The molecule has 1 N–H and O–H groups in total. The molecule has 138 valence electrons. The van der Waals surface area contributed by atoms with E-state index in [1.807, 2.05) is 6.07 Å². The normalized spacial score (nSPS) is 17.7. The van der Waals surface area contributed by atoms with Crippen molar-refractivity contribution in [3.05, 3.63) is 54.4 Å². The number of methoxy groups -OCH3 is 1. The fourth-order valence-corrected chi connectivity index (χ4v) is 3.92. The number of carbonyl (C=O) groups is 1. The summed E-state index contributed by atoms with van der Waals surface area (Å²) in [5.74, 6) is 0.548. The van der Waals surface area contributed by atoms with Crippen LogP contribution in [0.15, 0.2) is 58.8 Å². The predicted octanol–water partition coefficient (Wildman–Crippen LogP) is 1.68. The Morgan fingerprint density at radius 3 is 2.93 bits per heavy atom. The summed E-state index contributed by atoms with van der Waals surface area (Å²) < 4.78 is 32.2. The molecule has 4 rings (SSSR count). The Morgan fingerprint density at radius 1 is 1.26 bits per heavy atom. The Labute approximate surface area is 155 Å². The van der Waals surface area contributed by atoms with E-state index in [9.17, 15) is 13.2 Å². The van der Waals surface area contributed by atoms with Gasteiger partial charge >= 0.3 is 0 Å². The van der Waals surface area contributed by atoms with Crippen molar-refractivity contribution >= 4 is 38.4 Å². The average molecular weight is 384 g/mol. The van der Waals surface area contributed by atoms with E-state index < -0.39 is 10.0 Å². The summed E-state index contributed by atoms with van der Waals surface area (Å²) in [5.41, 5.74) is 1.67. The Bertz CT molecular complexity index is 1140. The molecule has 3 heterocycles. The fraction of sp³-hybridized carbons (Fsp3) is 0.167. The van der Waals surface area contributed by atoms with Gasteiger partial charge in [-0.2, -0.15) is 0 Å². The van der Waals surface area contributed by atoms with Crippen molar-refractivity contribution < 1.29 is 17.9 Å². The molecule has 0 unspecified atom stereocenters. The number of nitrogens with zero attached hydrogens (tertiary/aromatic N) is 3. The molecule has 1 aromatic heterocycles. The van der Waals surface area contributed by atoms with Crippen molar-refractivity contribution in [2.45, 2.75) is 0 Å². The third kappa shape index (κ3) is 3.28. The quantitative estimate of drug-likeness (QED) is 0.864. The van der Waals surface area contributed by atoms with Crippen LogP contribution in [0.5, 0.6) is 5.75 Å². The van der Waals surface area contributed by atoms with Gasteiger partial charge in [-0.3, -0.25) is 9.78 Å². The molecule has 0 bridgehead atoms. The second kappa shape index (κ2) is 6.51. The minimum atomic E-state index is -3.42. The van der Waals surface area contributed by atoms with E-state index >= 15 is 0 Å². The number of amides is 1. The van der Waals surface area contributed by atoms with E-state index in [0.717, 1.165) is 5.39 Å². The highest BCUT2D eigenvalue weighted by atomic mass is 32.2. The molecule has 1 amide bonds. The van der Waals surface area contributed by atoms with Gasteiger partial charge in [0.2, 0.25) is 0 Å². The Morgan fingerprint density at radius 2 is 2.11 bits per heavy atom. The topological polar surface area (TPSA) is 101 Å². The molecule has 0 atom stereocenters. The van der Waals surface area contributed by atoms with Crippen LogP contribution >= 0.6 is 0 Å². The molecule has 0 fully saturated rings. The predicted molar refractivity (Wildman–Crippen MR) is 102 cm³/mol. The summed E-state index contributed by atoms with van der Waals surface area (Å²) in [4.78, 5) is 18.7. The van der Waals surface area contributed by atoms with E-state index in [4.69, 9.17) is 4.74 Å². The number of rotatable bonds is 3. The number of sulfonamides is 1. The number of carbonyl (C=O) groups excluding carboxylic acids is 1. The standard InChI is InChI=1S/C18H16N4O4S/c1-26-15-6-5-14(13-3-2-8-19-17(13)15)20-18(23)12-4-7-16-21-27(24,25)10-9-22(16)11-12/h2-8,11H,9-10H2,1H3,(H,20,23). The maximum atomic E-state index is 12.7. The third-order valence-electron chi connectivity index (χ3n) is 4.29. The molecule has 0 spiro atoms. The molecular weight excluding hydrogens is 368 g/mol. The van der Waals surface area contributed by atoms with E-state index in [1.54, 1.807) is 48.7 Å². The van der Waals surface area contributed by atoms with Gasteiger partial charge in [-0.1, -0.05) is 0 Å². The first-order valence-electron chi connectivity index (χ1n) is 8.19. The lowest BCUT2D eigenvalue weighted by Crippen LogP contribution is -2.37. The molecular formula is C18H16N4O4S. The zero-order valence-electron chi connectivity index (χ0n) is 14.4. The van der Waals surface area contributed by atoms with Gasteiger partial charge < -0.3 is 15.0 Å². The summed E-state index contributed by atoms with van der Waals surface area (Å²) in [6, 6.07) is 7.14. The van der Waals surface area contributed by atoms with Crippen molar-refractivity contribution in [3.8, 4) is 5.75 Å². The average Bonchev–Trinajstić information content (AvgIpc) is 2.67. The Balaban J connectivity index is 1.62. The van der Waals surface area contributed by atoms with Crippen LogP contribution < -0.4 is 10.1 Å². The number of anilines is 1. The molecule has 9 heteroatoms. The number of nitrogens with one attached hydrogen (secondary N) is 1. The van der Waals surface area contributed by atoms with E-state index in [2.05, 4.69) is 14.7 Å². The molecule has 8 nitrogen and oxygen atoms in total. The lowest BCUT2D eigenvalue weighted by Gasteiger charge is -2.27. The largest absolute Gasteiger partial charge is 0.494 e. The summed E-state index contributed by atoms with van der Waals surface area (Å²) in [6.45, 7) is 0.262. The maximum Gasteiger partial charge on any atom is 0.257 e. The second-order valence-corrected chi connectivity index (χ2v) is 7.77. The molecule has 2 aromatic rings. The van der Waals surface area contributed by atoms with Crippen LogP contribution in [0.4, 0.5) is 5.69 Å². The van der Waals surface area contributed by atoms with Crippen LogP contribution in [0.3, 0.4) is 0 Å². The van der Waals surface area contributed by atoms with E-state index in [-0.39, 0.29) is 18.2 Å². The van der Waals surface area contributed by atoms with Crippen LogP contribution in [0.1, 0.15) is 0 Å². The number of fused-ring (bicyclic) bond motifs is 2. The summed E-state index contributed by atoms with van der Waals surface area (Å²) >= 11 is 0. The Kier molecular flexibility index (Phi) is 4.15. The molecule has 0 saturated carbocycles. The van der Waals surface area contributed by atoms with Gasteiger partial charge in [0.1, 0.15) is 17.1 Å². The van der Waals surface area contributed by atoms with Gasteiger partial charge in [-0.05, 0) is 36.4 Å². The van der Waals surface area contributed by atoms with Crippen molar-refractivity contribution in [2.24, 2.45) is 4.40 Å². The fourth-order valence-electron chi connectivity index (χ4n) is 2.95. The first-order valence-corrected chi connectivity index (χ1v) is 9.80. The number of pyridine rings is 1. The number of benzene rings is 1. The molecule has 2 aliphatic heterocycles. The third-order valence-corrected chi connectivity index (χ3v) is 5.45.